The summed E-state index contributed by atoms with van der Waals surface area (Å²) in [5, 5.41) is 8.80. The number of methoxy groups -OCH3 is 3. The van der Waals surface area contributed by atoms with Gasteiger partial charge in [0.25, 0.3) is 0 Å². The van der Waals surface area contributed by atoms with Crippen LogP contribution in [0.4, 0.5) is 0 Å². The van der Waals surface area contributed by atoms with E-state index in [0.29, 0.717) is 22.8 Å². The molecule has 32 heavy (non-hydrogen) atoms. The maximum absolute atomic E-state index is 13.1. The molecular weight excluding hydrogens is 424 g/mol. The number of nitrogens with zero attached hydrogens (tertiary/aromatic N) is 2. The van der Waals surface area contributed by atoms with Crippen LogP contribution in [0.15, 0.2) is 71.6 Å². The molecule has 0 unspecified atom stereocenters. The zero-order valence-corrected chi connectivity index (χ0v) is 18.8. The molecule has 2 aromatic heterocycles. The van der Waals surface area contributed by atoms with Crippen LogP contribution in [0.3, 0.4) is 0 Å². The Hall–Kier alpha value is -3.84. The normalized spacial score (nSPS) is 11.0. The number of rotatable bonds is 8. The molecule has 0 amide bonds. The SMILES string of the molecule is COc1cc(OC)c(C(=O)/C=C/c2cn(-c3ccccc3)nc2-c2ccsc2)c(OC)c1. The molecule has 4 rings (SSSR count). The van der Waals surface area contributed by atoms with E-state index in [-0.39, 0.29) is 5.78 Å². The molecule has 0 aliphatic rings. The molecule has 0 radical (unpaired) electrons. The number of ketones is 1. The number of allylic oxidation sites excluding steroid dienone is 1. The molecule has 2 heterocycles. The average Bonchev–Trinajstić information content (AvgIpc) is 3.52. The Labute approximate surface area is 190 Å². The summed E-state index contributed by atoms with van der Waals surface area (Å²) in [7, 11) is 4.56. The number of benzene rings is 2. The van der Waals surface area contributed by atoms with Crippen molar-refractivity contribution in [2.24, 2.45) is 0 Å². The Kier molecular flexibility index (Phi) is 6.37. The monoisotopic (exact) mass is 446 g/mol. The summed E-state index contributed by atoms with van der Waals surface area (Å²) in [6.07, 6.45) is 5.19. The van der Waals surface area contributed by atoms with Crippen LogP contribution in [0.2, 0.25) is 0 Å². The van der Waals surface area contributed by atoms with Gasteiger partial charge in [0.15, 0.2) is 5.78 Å². The van der Waals surface area contributed by atoms with Crippen LogP contribution < -0.4 is 14.2 Å². The van der Waals surface area contributed by atoms with E-state index in [1.807, 2.05) is 58.0 Å². The lowest BCUT2D eigenvalue weighted by atomic mass is 10.1. The van der Waals surface area contributed by atoms with Crippen molar-refractivity contribution in [1.82, 2.24) is 9.78 Å². The standard InChI is InChI=1S/C25H22N2O4S/c1-29-20-13-22(30-2)24(23(14-20)31-3)21(28)10-9-17-15-27(19-7-5-4-6-8-19)26-25(17)18-11-12-32-16-18/h4-16H,1-3H3/b10-9+. The first-order valence-corrected chi connectivity index (χ1v) is 10.8. The Bertz CT molecular complexity index is 1220. The van der Waals surface area contributed by atoms with E-state index in [2.05, 4.69) is 0 Å². The molecule has 0 fully saturated rings. The van der Waals surface area contributed by atoms with Crippen LogP contribution in [0.25, 0.3) is 23.0 Å². The zero-order chi connectivity index (χ0) is 22.5. The van der Waals surface area contributed by atoms with Crippen molar-refractivity contribution >= 4 is 23.2 Å². The molecule has 7 heteroatoms. The van der Waals surface area contributed by atoms with Gasteiger partial charge < -0.3 is 14.2 Å². The average molecular weight is 447 g/mol. The van der Waals surface area contributed by atoms with Gasteiger partial charge in [-0.3, -0.25) is 4.79 Å². The second-order valence-corrected chi connectivity index (χ2v) is 7.61. The molecule has 0 aliphatic heterocycles. The number of aromatic nitrogens is 2. The summed E-state index contributed by atoms with van der Waals surface area (Å²) in [6.45, 7) is 0. The third-order valence-electron chi connectivity index (χ3n) is 4.93. The van der Waals surface area contributed by atoms with Crippen LogP contribution in [0, 0.1) is 0 Å². The Morgan fingerprint density at radius 3 is 2.31 bits per heavy atom. The molecule has 0 N–H and O–H groups in total. The van der Waals surface area contributed by atoms with E-state index in [0.717, 1.165) is 22.5 Å². The lowest BCUT2D eigenvalue weighted by Crippen LogP contribution is -2.03. The van der Waals surface area contributed by atoms with Crippen molar-refractivity contribution in [3.05, 3.63) is 82.7 Å². The Morgan fingerprint density at radius 1 is 1.00 bits per heavy atom. The maximum atomic E-state index is 13.1. The van der Waals surface area contributed by atoms with E-state index in [1.54, 1.807) is 36.7 Å². The van der Waals surface area contributed by atoms with Gasteiger partial charge in [-0.25, -0.2) is 4.68 Å². The van der Waals surface area contributed by atoms with Crippen molar-refractivity contribution in [3.63, 3.8) is 0 Å². The highest BCUT2D eigenvalue weighted by atomic mass is 32.1. The van der Waals surface area contributed by atoms with Gasteiger partial charge in [0.1, 0.15) is 28.5 Å². The van der Waals surface area contributed by atoms with Gasteiger partial charge in [-0.15, -0.1) is 0 Å². The first-order valence-electron chi connectivity index (χ1n) is 9.84. The summed E-state index contributed by atoms with van der Waals surface area (Å²) in [5.74, 6) is 1.07. The lowest BCUT2D eigenvalue weighted by molar-refractivity contribution is 0.104. The first kappa shape index (κ1) is 21.4. The van der Waals surface area contributed by atoms with Crippen molar-refractivity contribution < 1.29 is 19.0 Å². The molecule has 0 spiro atoms. The van der Waals surface area contributed by atoms with Crippen molar-refractivity contribution in [1.29, 1.82) is 0 Å². The number of hydrogen-bond acceptors (Lipinski definition) is 6. The van der Waals surface area contributed by atoms with Gasteiger partial charge in [-0.05, 0) is 35.7 Å². The zero-order valence-electron chi connectivity index (χ0n) is 17.9. The molecule has 162 valence electrons. The molecular formula is C25H22N2O4S. The fraction of sp³-hybridized carbons (Fsp3) is 0.120. The summed E-state index contributed by atoms with van der Waals surface area (Å²) in [4.78, 5) is 13.1. The van der Waals surface area contributed by atoms with Gasteiger partial charge in [0, 0.05) is 34.8 Å². The fourth-order valence-corrected chi connectivity index (χ4v) is 3.98. The third-order valence-corrected chi connectivity index (χ3v) is 5.62. The van der Waals surface area contributed by atoms with E-state index in [4.69, 9.17) is 19.3 Å². The minimum absolute atomic E-state index is 0.245. The van der Waals surface area contributed by atoms with Crippen LogP contribution in [-0.4, -0.2) is 36.9 Å². The molecule has 0 atom stereocenters. The summed E-state index contributed by atoms with van der Waals surface area (Å²) < 4.78 is 17.9. The largest absolute Gasteiger partial charge is 0.496 e. The number of ether oxygens (including phenoxy) is 3. The second kappa shape index (κ2) is 9.53. The number of thiophene rings is 1. The minimum atomic E-state index is -0.245. The predicted octanol–water partition coefficient (Wildman–Crippen LogP) is 5.52. The highest BCUT2D eigenvalue weighted by Gasteiger charge is 2.19. The van der Waals surface area contributed by atoms with E-state index in [9.17, 15) is 4.79 Å². The predicted molar refractivity (Wildman–Crippen MR) is 126 cm³/mol. The smallest absolute Gasteiger partial charge is 0.193 e. The Morgan fingerprint density at radius 2 is 1.72 bits per heavy atom. The molecule has 2 aromatic carbocycles. The van der Waals surface area contributed by atoms with E-state index >= 15 is 0 Å². The molecule has 0 aliphatic carbocycles. The van der Waals surface area contributed by atoms with E-state index < -0.39 is 0 Å². The molecule has 0 bridgehead atoms. The van der Waals surface area contributed by atoms with Crippen molar-refractivity contribution in [3.8, 4) is 34.2 Å². The summed E-state index contributed by atoms with van der Waals surface area (Å²) in [6, 6.07) is 15.2. The number of carbonyl (C=O) groups excluding carboxylic acids is 1. The molecule has 0 saturated carbocycles. The van der Waals surface area contributed by atoms with Gasteiger partial charge in [-0.2, -0.15) is 16.4 Å². The van der Waals surface area contributed by atoms with Gasteiger partial charge in [0.2, 0.25) is 0 Å². The van der Waals surface area contributed by atoms with Crippen LogP contribution in [0.5, 0.6) is 17.2 Å². The summed E-state index contributed by atoms with van der Waals surface area (Å²) >= 11 is 1.60. The van der Waals surface area contributed by atoms with Gasteiger partial charge in [0.05, 0.1) is 27.0 Å². The number of carbonyl (C=O) groups is 1. The highest BCUT2D eigenvalue weighted by molar-refractivity contribution is 7.08. The number of hydrogen-bond donors (Lipinski definition) is 0. The molecule has 6 nitrogen and oxygen atoms in total. The van der Waals surface area contributed by atoms with Crippen LogP contribution in [-0.2, 0) is 0 Å². The maximum Gasteiger partial charge on any atom is 0.193 e. The first-order chi connectivity index (χ1) is 15.6. The van der Waals surface area contributed by atoms with E-state index in [1.165, 1.54) is 20.3 Å². The highest BCUT2D eigenvalue weighted by Crippen LogP contribution is 2.35. The topological polar surface area (TPSA) is 62.6 Å². The third kappa shape index (κ3) is 4.29. The van der Waals surface area contributed by atoms with Crippen LogP contribution in [0.1, 0.15) is 15.9 Å². The fourth-order valence-electron chi connectivity index (χ4n) is 3.34. The quantitative estimate of drug-likeness (QED) is 0.263. The Balaban J connectivity index is 1.74. The lowest BCUT2D eigenvalue weighted by Gasteiger charge is -2.13. The molecule has 0 saturated heterocycles. The molecule has 4 aromatic rings. The van der Waals surface area contributed by atoms with Gasteiger partial charge in [-0.1, -0.05) is 18.2 Å². The summed E-state index contributed by atoms with van der Waals surface area (Å²) in [5.41, 5.74) is 3.89. The number of para-hydroxylation sites is 1. The van der Waals surface area contributed by atoms with Crippen molar-refractivity contribution in [2.75, 3.05) is 21.3 Å². The second-order valence-electron chi connectivity index (χ2n) is 6.83. The minimum Gasteiger partial charge on any atom is -0.496 e. The van der Waals surface area contributed by atoms with Gasteiger partial charge >= 0.3 is 0 Å². The van der Waals surface area contributed by atoms with Crippen LogP contribution >= 0.6 is 11.3 Å². The van der Waals surface area contributed by atoms with Crippen molar-refractivity contribution in [2.45, 2.75) is 0 Å².